The third-order valence-corrected chi connectivity index (χ3v) is 23.7. The predicted molar refractivity (Wildman–Crippen MR) is 461 cm³/mol. The second-order valence-corrected chi connectivity index (χ2v) is 33.8. The van der Waals surface area contributed by atoms with Crippen LogP contribution in [0.1, 0.15) is 30.4 Å². The molecule has 0 bridgehead atoms. The average molecular weight is 2050 g/mol. The Kier molecular flexibility index (Phi) is 39.3. The van der Waals surface area contributed by atoms with Gasteiger partial charge in [-0.3, -0.25) is 0 Å². The number of ether oxygens (including phenoxy) is 16. The van der Waals surface area contributed by atoms with Gasteiger partial charge < -0.3 is 156 Å². The summed E-state index contributed by atoms with van der Waals surface area (Å²) >= 11 is 14.4. The van der Waals surface area contributed by atoms with Crippen molar-refractivity contribution in [2.24, 2.45) is 5.11 Å². The van der Waals surface area contributed by atoms with Crippen LogP contribution < -0.4 is 54.3 Å². The van der Waals surface area contributed by atoms with Crippen molar-refractivity contribution in [2.75, 3.05) is 219 Å². The van der Waals surface area contributed by atoms with Crippen molar-refractivity contribution in [3.05, 3.63) is 98.7 Å². The number of hydrogen-bond acceptors (Lipinski definition) is 39. The molecule has 5 aromatic heterocycles. The molecule has 0 unspecified atom stereocenters. The first-order valence-corrected chi connectivity index (χ1v) is 45.4. The highest BCUT2D eigenvalue weighted by molar-refractivity contribution is 9.11. The van der Waals surface area contributed by atoms with Crippen LogP contribution in [0.5, 0.6) is 41.0 Å². The summed E-state index contributed by atoms with van der Waals surface area (Å²) < 4.78 is 138. The molecule has 3 aliphatic heterocycles. The molecule has 126 heavy (non-hydrogen) atoms. The molecule has 694 valence electrons. The lowest BCUT2D eigenvalue weighted by atomic mass is 9.99. The van der Waals surface area contributed by atoms with Gasteiger partial charge in [0.05, 0.1) is 201 Å². The smallest absolute Gasteiger partial charge is 0.336 e. The van der Waals surface area contributed by atoms with E-state index < -0.39 is 96.1 Å². The molecular weight excluding hydrogens is 1950 g/mol. The number of halogens is 4. The summed E-state index contributed by atoms with van der Waals surface area (Å²) in [4.78, 5) is 50.6. The van der Waals surface area contributed by atoms with Crippen LogP contribution in [0.15, 0.2) is 81.0 Å². The molecule has 0 saturated carbocycles. The van der Waals surface area contributed by atoms with Gasteiger partial charge in [-0.25, -0.2) is 13.2 Å². The zero-order chi connectivity index (χ0) is 89.5. The molecule has 44 nitrogen and oxygen atoms in total. The highest BCUT2D eigenvalue weighted by Crippen LogP contribution is 2.46. The van der Waals surface area contributed by atoms with Crippen molar-refractivity contribution in [2.45, 2.75) is 94.0 Å². The van der Waals surface area contributed by atoms with E-state index in [1.165, 1.54) is 18.5 Å². The molecule has 8 aromatic rings. The summed E-state index contributed by atoms with van der Waals surface area (Å²) in [7, 11) is -4.56. The van der Waals surface area contributed by atoms with Crippen molar-refractivity contribution >= 4 is 124 Å². The summed E-state index contributed by atoms with van der Waals surface area (Å²) in [5.41, 5.74) is 11.4. The minimum absolute atomic E-state index is 0.0331. The maximum atomic E-state index is 12.2. The molecule has 3 aromatic carbocycles. The minimum Gasteiger partial charge on any atom is -0.748 e. The van der Waals surface area contributed by atoms with Crippen LogP contribution in [-0.4, -0.2) is 363 Å². The van der Waals surface area contributed by atoms with Gasteiger partial charge in [0.1, 0.15) is 104 Å². The van der Waals surface area contributed by atoms with E-state index in [2.05, 4.69) is 114 Å². The zero-order valence-corrected chi connectivity index (χ0v) is 75.8. The first-order valence-electron chi connectivity index (χ1n) is 40.6. The number of fused-ring (bicyclic) bond motifs is 3. The number of aryl methyl sites for hydroxylation is 2. The lowest BCUT2D eigenvalue weighted by molar-refractivity contribution is -0.928. The number of rotatable bonds is 56. The topological polar surface area (TPSA) is 582 Å². The highest BCUT2D eigenvalue weighted by Gasteiger charge is 2.47. The number of hydrogen-bond donors (Lipinski definition) is 12. The van der Waals surface area contributed by atoms with Crippen LogP contribution in [0.3, 0.4) is 0 Å². The Morgan fingerprint density at radius 1 is 0.571 bits per heavy atom. The van der Waals surface area contributed by atoms with Crippen molar-refractivity contribution in [1.29, 1.82) is 0 Å². The van der Waals surface area contributed by atoms with Gasteiger partial charge in [0.15, 0.2) is 0 Å². The number of anilines is 3. The fourth-order valence-electron chi connectivity index (χ4n) is 13.7. The van der Waals surface area contributed by atoms with Gasteiger partial charge >= 0.3 is 23.7 Å². The van der Waals surface area contributed by atoms with Gasteiger partial charge in [0.2, 0.25) is 30.4 Å². The van der Waals surface area contributed by atoms with Gasteiger partial charge in [-0.2, -0.15) is 24.9 Å². The van der Waals surface area contributed by atoms with Crippen LogP contribution in [0.2, 0.25) is 0 Å². The summed E-state index contributed by atoms with van der Waals surface area (Å²) in [5.74, 6) is 1.25. The molecule has 10 atom stereocenters. The van der Waals surface area contributed by atoms with E-state index in [1.54, 1.807) is 12.1 Å². The first kappa shape index (κ1) is 99.0. The number of aliphatic hydroxyl groups is 8. The Hall–Kier alpha value is -7.61. The Labute approximate surface area is 755 Å². The monoisotopic (exact) mass is 2050 g/mol. The van der Waals surface area contributed by atoms with Crippen molar-refractivity contribution in [1.82, 2.24) is 39.9 Å². The normalized spacial score (nSPS) is 20.2. The fraction of sp³-hybridized carbons (Fsp3) is 0.597. The highest BCUT2D eigenvalue weighted by atomic mass is 79.9. The number of aromatic nitrogens is 8. The minimum atomic E-state index is -4.56. The molecule has 11 rings (SSSR count). The third-order valence-electron chi connectivity index (χ3n) is 20.2. The maximum absolute atomic E-state index is 12.2. The summed E-state index contributed by atoms with van der Waals surface area (Å²) in [6, 6.07) is 10.6. The number of nitrogens with zero attached hydrogens (tertiary/aromatic N) is 11. The largest absolute Gasteiger partial charge is 0.748 e. The van der Waals surface area contributed by atoms with Gasteiger partial charge in [0.25, 0.3) is 0 Å². The van der Waals surface area contributed by atoms with E-state index >= 15 is 0 Å². The van der Waals surface area contributed by atoms with Crippen LogP contribution in [0, 0.1) is 6.92 Å². The molecule has 0 aliphatic carbocycles. The van der Waals surface area contributed by atoms with Crippen molar-refractivity contribution in [3.8, 4) is 41.0 Å². The lowest BCUT2D eigenvalue weighted by Gasteiger charge is -2.45. The van der Waals surface area contributed by atoms with Crippen LogP contribution in [0.25, 0.3) is 43.2 Å². The molecule has 3 fully saturated rings. The third kappa shape index (κ3) is 28.9. The van der Waals surface area contributed by atoms with Gasteiger partial charge in [0, 0.05) is 67.0 Å². The van der Waals surface area contributed by atoms with Gasteiger partial charge in [-0.1, -0.05) is 17.2 Å². The summed E-state index contributed by atoms with van der Waals surface area (Å²) in [5, 5.41) is 94.0. The van der Waals surface area contributed by atoms with E-state index in [-0.39, 0.29) is 126 Å². The van der Waals surface area contributed by atoms with E-state index in [9.17, 15) is 58.6 Å². The maximum Gasteiger partial charge on any atom is 0.336 e. The number of quaternary nitrogens is 1. The quantitative estimate of drug-likeness (QED) is 0.00492. The fourth-order valence-corrected chi connectivity index (χ4v) is 17.3. The van der Waals surface area contributed by atoms with Crippen molar-refractivity contribution in [3.63, 3.8) is 0 Å². The Bertz CT molecular complexity index is 4820. The molecule has 0 spiro atoms. The second kappa shape index (κ2) is 50.0. The average Bonchev–Trinajstić information content (AvgIpc) is 1.60. The van der Waals surface area contributed by atoms with Gasteiger partial charge in [-0.05, 0) is 118 Å². The van der Waals surface area contributed by atoms with Crippen LogP contribution in [0.4, 0.5) is 17.8 Å². The van der Waals surface area contributed by atoms with E-state index in [0.29, 0.717) is 192 Å². The molecule has 12 N–H and O–H groups in total. The molecule has 0 radical (unpaired) electrons. The number of nitrogens with one attached hydrogen (secondary N) is 4. The number of aliphatic hydroxyl groups excluding tert-OH is 8. The summed E-state index contributed by atoms with van der Waals surface area (Å²) in [6.45, 7) is 7.97. The van der Waals surface area contributed by atoms with Crippen molar-refractivity contribution < 1.29 is 139 Å². The van der Waals surface area contributed by atoms with Crippen LogP contribution >= 0.6 is 63.7 Å². The molecular formula is C77H103Br4N15O29S. The second-order valence-electron chi connectivity index (χ2n) is 29.0. The predicted octanol–water partition coefficient (Wildman–Crippen LogP) is 3.68. The van der Waals surface area contributed by atoms with E-state index in [1.807, 2.05) is 30.0 Å². The summed E-state index contributed by atoms with van der Waals surface area (Å²) in [6.07, 6.45) is -10.2. The molecule has 49 heteroatoms. The first-order chi connectivity index (χ1) is 60.9. The molecule has 0 amide bonds. The molecule has 3 aliphatic rings. The van der Waals surface area contributed by atoms with E-state index in [4.69, 9.17) is 95.7 Å². The number of azide groups is 1. The lowest BCUT2D eigenvalue weighted by Crippen LogP contribution is -2.61. The van der Waals surface area contributed by atoms with Gasteiger partial charge in [-0.15, -0.1) is 4.98 Å². The Balaban J connectivity index is 0.702. The Morgan fingerprint density at radius 3 is 1.55 bits per heavy atom. The number of benzene rings is 3. The molecule has 8 heterocycles. The number of aromatic amines is 2. The number of piperazine rings is 1. The number of H-pyrrole nitrogens is 2. The Morgan fingerprint density at radius 2 is 1.04 bits per heavy atom. The SMILES string of the molecule is Cc1cc(=O)oc2cc(CCCNc3nc(NCCOCCOCCOCCOCCOCCN=[N+]=[N-])nc(OCCC[N+]4(CCCS(=O)(=O)[O-])CCN(c5nc(OCCOCCOc6c(Br)cc7[nH]cc(O[C@@H]8O[C@H](CO)[C@@H](O)[C@H](O)[C@H]8O)c7c6Br)nc(OCCOCCOc6c(Br)cc7[nH]cc(O[C@@H]8O[C@H](CO)[C@@H](O)[C@H](O)[C@H]8O)c7c6Br)n5)CC4)n3)ccc12. The van der Waals surface area contributed by atoms with Crippen LogP contribution in [-0.2, 0) is 59.2 Å². The molecule has 3 saturated heterocycles. The van der Waals surface area contributed by atoms with E-state index in [0.717, 1.165) is 16.5 Å². The zero-order valence-electron chi connectivity index (χ0n) is 68.6. The standard InChI is InChI=1S/C77H103Br4N15O29S/c1-45-37-57(99)121-52-38-46(6-7-47(45)52)5-2-8-83-72-88-73(84-9-18-109-20-22-111-24-26-113-27-25-112-23-21-110-19-10-87-94-82)90-75(89-72)118-17-3-13-96(14-4-36-126(106,107)108)15-11-95(12-16-96)74-91-76(119-34-30-114-28-32-116-68-48(78)39-50-58(60(68)80)53(41-85-50)122-70-66(104)64(102)62(100)55(43-97)124-70)93-77(92-74)120-35-31-115-29-33-117-69-49(79)40-51-59(61(69)81)54(42-86-51)123-71-67(105)65(103)63(101)56(44-98)125-71/h6-7,37-42,55-56,62-67,70-71,85-86,97-98,100-105H,2-5,8-36,43-44H2,1H3,(H2-,83,84,88,89,90,106,107,108)/t55-,56-,62-,63-,64+,65+,66-,67-,70-,71-/m1/s1.